The van der Waals surface area contributed by atoms with Crippen molar-refractivity contribution >= 4 is 5.82 Å². The molecule has 1 saturated heterocycles. The fourth-order valence-electron chi connectivity index (χ4n) is 2.51. The van der Waals surface area contributed by atoms with Crippen molar-refractivity contribution in [2.24, 2.45) is 0 Å². The van der Waals surface area contributed by atoms with Gasteiger partial charge in [0.15, 0.2) is 11.6 Å². The molecule has 1 aliphatic heterocycles. The van der Waals surface area contributed by atoms with E-state index in [9.17, 15) is 5.11 Å². The standard InChI is InChI=1S/C14H17N3O2/c1-10-4-6-13(19-10)12-5-7-14(16-15-12)17-8-2-3-11(17)9-18/h4-7,11,18H,2-3,8-9H2,1H3. The van der Waals surface area contributed by atoms with E-state index in [1.54, 1.807) is 0 Å². The first-order valence-electron chi connectivity index (χ1n) is 6.56. The molecule has 1 atom stereocenters. The summed E-state index contributed by atoms with van der Waals surface area (Å²) in [5.74, 6) is 2.42. The molecule has 1 unspecified atom stereocenters. The van der Waals surface area contributed by atoms with E-state index in [1.165, 1.54) is 0 Å². The summed E-state index contributed by atoms with van der Waals surface area (Å²) in [6, 6.07) is 7.83. The molecular weight excluding hydrogens is 242 g/mol. The lowest BCUT2D eigenvalue weighted by Gasteiger charge is -2.23. The minimum Gasteiger partial charge on any atom is -0.460 e. The second-order valence-electron chi connectivity index (χ2n) is 4.86. The van der Waals surface area contributed by atoms with E-state index in [-0.39, 0.29) is 12.6 Å². The van der Waals surface area contributed by atoms with Gasteiger partial charge in [-0.1, -0.05) is 0 Å². The Morgan fingerprint density at radius 1 is 1.32 bits per heavy atom. The van der Waals surface area contributed by atoms with Crippen molar-refractivity contribution < 1.29 is 9.52 Å². The minimum absolute atomic E-state index is 0.167. The highest BCUT2D eigenvalue weighted by atomic mass is 16.3. The zero-order valence-corrected chi connectivity index (χ0v) is 10.9. The van der Waals surface area contributed by atoms with Gasteiger partial charge in [0.05, 0.1) is 12.6 Å². The molecule has 1 N–H and O–H groups in total. The number of furan rings is 1. The molecule has 0 radical (unpaired) electrons. The molecule has 0 bridgehead atoms. The van der Waals surface area contributed by atoms with Gasteiger partial charge in [0.2, 0.25) is 0 Å². The predicted octanol–water partition coefficient (Wildman–Crippen LogP) is 2.01. The monoisotopic (exact) mass is 259 g/mol. The van der Waals surface area contributed by atoms with Crippen LogP contribution in [0.5, 0.6) is 0 Å². The second-order valence-corrected chi connectivity index (χ2v) is 4.86. The maximum absolute atomic E-state index is 9.33. The summed E-state index contributed by atoms with van der Waals surface area (Å²) in [4.78, 5) is 2.12. The first kappa shape index (κ1) is 12.2. The number of hydrogen-bond donors (Lipinski definition) is 1. The predicted molar refractivity (Wildman–Crippen MR) is 71.9 cm³/mol. The van der Waals surface area contributed by atoms with Gasteiger partial charge < -0.3 is 14.4 Å². The van der Waals surface area contributed by atoms with Crippen molar-refractivity contribution in [3.63, 3.8) is 0 Å². The molecule has 3 heterocycles. The van der Waals surface area contributed by atoms with Crippen LogP contribution in [0.4, 0.5) is 5.82 Å². The largest absolute Gasteiger partial charge is 0.460 e. The SMILES string of the molecule is Cc1ccc(-c2ccc(N3CCCC3CO)nn2)o1. The average Bonchev–Trinajstić information content (AvgIpc) is 3.07. The Balaban J connectivity index is 1.82. The Morgan fingerprint density at radius 3 is 2.84 bits per heavy atom. The van der Waals surface area contributed by atoms with Crippen molar-refractivity contribution in [1.82, 2.24) is 10.2 Å². The minimum atomic E-state index is 0.167. The van der Waals surface area contributed by atoms with Gasteiger partial charge in [-0.3, -0.25) is 0 Å². The van der Waals surface area contributed by atoms with E-state index in [2.05, 4.69) is 15.1 Å². The molecule has 0 amide bonds. The lowest BCUT2D eigenvalue weighted by molar-refractivity contribution is 0.266. The number of aliphatic hydroxyl groups excluding tert-OH is 1. The van der Waals surface area contributed by atoms with Crippen LogP contribution in [0.2, 0.25) is 0 Å². The van der Waals surface area contributed by atoms with Crippen molar-refractivity contribution in [2.45, 2.75) is 25.8 Å². The molecule has 5 nitrogen and oxygen atoms in total. The summed E-state index contributed by atoms with van der Waals surface area (Å²) in [6.07, 6.45) is 2.10. The third kappa shape index (κ3) is 2.33. The Kier molecular flexibility index (Phi) is 3.21. The van der Waals surface area contributed by atoms with E-state index in [1.807, 2.05) is 31.2 Å². The van der Waals surface area contributed by atoms with Gasteiger partial charge in [0.1, 0.15) is 11.5 Å². The van der Waals surface area contributed by atoms with E-state index >= 15 is 0 Å². The maximum Gasteiger partial charge on any atom is 0.154 e. The number of aliphatic hydroxyl groups is 1. The second kappa shape index (κ2) is 5.01. The summed E-state index contributed by atoms with van der Waals surface area (Å²) in [5, 5.41) is 17.8. The third-order valence-corrected chi connectivity index (χ3v) is 3.53. The van der Waals surface area contributed by atoms with Crippen LogP contribution in [0.15, 0.2) is 28.7 Å². The number of hydrogen-bond acceptors (Lipinski definition) is 5. The Hall–Kier alpha value is -1.88. The molecule has 2 aromatic rings. The van der Waals surface area contributed by atoms with Crippen molar-refractivity contribution in [2.75, 3.05) is 18.1 Å². The fourth-order valence-corrected chi connectivity index (χ4v) is 2.51. The summed E-state index contributed by atoms with van der Waals surface area (Å²) >= 11 is 0. The molecular formula is C14H17N3O2. The first-order valence-corrected chi connectivity index (χ1v) is 6.56. The molecule has 1 fully saturated rings. The normalized spacial score (nSPS) is 19.1. The van der Waals surface area contributed by atoms with E-state index < -0.39 is 0 Å². The number of rotatable bonds is 3. The Morgan fingerprint density at radius 2 is 2.21 bits per heavy atom. The van der Waals surface area contributed by atoms with Gasteiger partial charge in [-0.25, -0.2) is 0 Å². The van der Waals surface area contributed by atoms with Crippen LogP contribution < -0.4 is 4.90 Å². The topological polar surface area (TPSA) is 62.4 Å². The van der Waals surface area contributed by atoms with Crippen LogP contribution in [0.3, 0.4) is 0 Å². The zero-order valence-electron chi connectivity index (χ0n) is 10.9. The molecule has 3 rings (SSSR count). The molecule has 0 aliphatic carbocycles. The smallest absolute Gasteiger partial charge is 0.154 e. The van der Waals surface area contributed by atoms with Gasteiger partial charge in [-0.2, -0.15) is 0 Å². The number of nitrogens with zero attached hydrogens (tertiary/aromatic N) is 3. The number of anilines is 1. The molecule has 19 heavy (non-hydrogen) atoms. The Bertz CT molecular complexity index is 550. The zero-order chi connectivity index (χ0) is 13.2. The highest BCUT2D eigenvalue weighted by Crippen LogP contribution is 2.25. The first-order chi connectivity index (χ1) is 9.28. The molecule has 1 aliphatic rings. The number of aryl methyl sites for hydroxylation is 1. The fraction of sp³-hybridized carbons (Fsp3) is 0.429. The van der Waals surface area contributed by atoms with Crippen LogP contribution in [0.25, 0.3) is 11.5 Å². The van der Waals surface area contributed by atoms with Gasteiger partial charge >= 0.3 is 0 Å². The maximum atomic E-state index is 9.33. The third-order valence-electron chi connectivity index (χ3n) is 3.53. The van der Waals surface area contributed by atoms with Crippen molar-refractivity contribution in [1.29, 1.82) is 0 Å². The summed E-state index contributed by atoms with van der Waals surface area (Å²) in [7, 11) is 0. The van der Waals surface area contributed by atoms with Crippen LogP contribution in [0.1, 0.15) is 18.6 Å². The average molecular weight is 259 g/mol. The molecule has 0 aromatic carbocycles. The molecule has 2 aromatic heterocycles. The highest BCUT2D eigenvalue weighted by Gasteiger charge is 2.25. The molecule has 0 saturated carbocycles. The Labute approximate surface area is 111 Å². The van der Waals surface area contributed by atoms with Crippen LogP contribution >= 0.6 is 0 Å². The van der Waals surface area contributed by atoms with Crippen LogP contribution in [0, 0.1) is 6.92 Å². The van der Waals surface area contributed by atoms with E-state index in [0.717, 1.165) is 42.4 Å². The van der Waals surface area contributed by atoms with E-state index in [0.29, 0.717) is 0 Å². The van der Waals surface area contributed by atoms with Gasteiger partial charge in [0, 0.05) is 6.54 Å². The highest BCUT2D eigenvalue weighted by molar-refractivity contribution is 5.54. The molecule has 5 heteroatoms. The lowest BCUT2D eigenvalue weighted by Crippen LogP contribution is -2.32. The summed E-state index contributed by atoms with van der Waals surface area (Å²) in [6.45, 7) is 3.00. The van der Waals surface area contributed by atoms with Crippen LogP contribution in [-0.2, 0) is 0 Å². The van der Waals surface area contributed by atoms with Crippen LogP contribution in [-0.4, -0.2) is 34.5 Å². The summed E-state index contributed by atoms with van der Waals surface area (Å²) < 4.78 is 5.52. The lowest BCUT2D eigenvalue weighted by atomic mass is 10.2. The van der Waals surface area contributed by atoms with E-state index in [4.69, 9.17) is 4.42 Å². The number of aromatic nitrogens is 2. The van der Waals surface area contributed by atoms with Crippen molar-refractivity contribution in [3.05, 3.63) is 30.0 Å². The molecule has 0 spiro atoms. The summed E-state index contributed by atoms with van der Waals surface area (Å²) in [5.41, 5.74) is 0.733. The quantitative estimate of drug-likeness (QED) is 0.913. The van der Waals surface area contributed by atoms with Gasteiger partial charge in [-0.15, -0.1) is 10.2 Å². The van der Waals surface area contributed by atoms with Gasteiger partial charge in [-0.05, 0) is 44.0 Å². The van der Waals surface area contributed by atoms with Gasteiger partial charge in [0.25, 0.3) is 0 Å². The molecule has 100 valence electrons. The van der Waals surface area contributed by atoms with Crippen molar-refractivity contribution in [3.8, 4) is 11.5 Å².